The second kappa shape index (κ2) is 16.0. The van der Waals surface area contributed by atoms with Crippen LogP contribution in [0.2, 0.25) is 0 Å². The summed E-state index contributed by atoms with van der Waals surface area (Å²) in [5.74, 6) is 0.443. The van der Waals surface area contributed by atoms with Crippen LogP contribution < -0.4 is 5.32 Å². The maximum absolute atomic E-state index is 13.7. The average Bonchev–Trinajstić information content (AvgIpc) is 3.21. The Hall–Kier alpha value is -2.24. The van der Waals surface area contributed by atoms with Crippen molar-refractivity contribution in [3.8, 4) is 0 Å². The summed E-state index contributed by atoms with van der Waals surface area (Å²) in [6.45, 7) is 5.42. The Kier molecular flexibility index (Phi) is 12.5. The predicted molar refractivity (Wildman–Crippen MR) is 161 cm³/mol. The van der Waals surface area contributed by atoms with Crippen LogP contribution >= 0.6 is 0 Å². The molecular weight excluding hydrogens is 536 g/mol. The Bertz CT molecular complexity index is 965. The van der Waals surface area contributed by atoms with Crippen LogP contribution in [0.15, 0.2) is 30.3 Å². The SMILES string of the molecule is COCCOCCOCCOCCNC(=O)CN1C[C@]2(CC[C@](c3ccccc3)(N(C)C)CC2)N(CC2CCC2)C1=O. The quantitative estimate of drug-likeness (QED) is 0.264. The van der Waals surface area contributed by atoms with E-state index in [1.807, 2.05) is 0 Å². The van der Waals surface area contributed by atoms with Crippen LogP contribution in [0.25, 0.3) is 0 Å². The third-order valence-electron chi connectivity index (χ3n) is 9.48. The molecule has 0 radical (unpaired) electrons. The Balaban J connectivity index is 1.24. The van der Waals surface area contributed by atoms with Crippen molar-refractivity contribution < 1.29 is 28.5 Å². The second-order valence-electron chi connectivity index (χ2n) is 12.2. The summed E-state index contributed by atoms with van der Waals surface area (Å²) in [5, 5.41) is 2.92. The van der Waals surface area contributed by atoms with E-state index in [4.69, 9.17) is 18.9 Å². The van der Waals surface area contributed by atoms with Crippen molar-refractivity contribution in [3.63, 3.8) is 0 Å². The van der Waals surface area contributed by atoms with Gasteiger partial charge in [0.1, 0.15) is 6.54 Å². The first kappa shape index (κ1) is 32.7. The highest BCUT2D eigenvalue weighted by atomic mass is 16.6. The van der Waals surface area contributed by atoms with Crippen LogP contribution in [-0.2, 0) is 29.3 Å². The summed E-state index contributed by atoms with van der Waals surface area (Å²) < 4.78 is 21.3. The zero-order valence-electron chi connectivity index (χ0n) is 26.0. The van der Waals surface area contributed by atoms with Gasteiger partial charge in [-0.05, 0) is 64.1 Å². The van der Waals surface area contributed by atoms with Gasteiger partial charge >= 0.3 is 6.03 Å². The molecule has 0 atom stereocenters. The van der Waals surface area contributed by atoms with Crippen LogP contribution in [0.5, 0.6) is 0 Å². The molecule has 1 N–H and O–H groups in total. The monoisotopic (exact) mass is 588 g/mol. The molecule has 1 aromatic carbocycles. The van der Waals surface area contributed by atoms with Gasteiger partial charge in [0.05, 0.1) is 51.8 Å². The van der Waals surface area contributed by atoms with E-state index < -0.39 is 0 Å². The fourth-order valence-electron chi connectivity index (χ4n) is 6.69. The molecule has 3 fully saturated rings. The lowest BCUT2D eigenvalue weighted by Crippen LogP contribution is -2.56. The largest absolute Gasteiger partial charge is 0.382 e. The van der Waals surface area contributed by atoms with Gasteiger partial charge in [-0.3, -0.25) is 9.69 Å². The van der Waals surface area contributed by atoms with Gasteiger partial charge in [0.25, 0.3) is 0 Å². The summed E-state index contributed by atoms with van der Waals surface area (Å²) >= 11 is 0. The van der Waals surface area contributed by atoms with Crippen LogP contribution in [0.3, 0.4) is 0 Å². The van der Waals surface area contributed by atoms with E-state index in [0.717, 1.165) is 32.2 Å². The first-order valence-electron chi connectivity index (χ1n) is 15.7. The molecule has 3 amide bonds. The lowest BCUT2D eigenvalue weighted by Gasteiger charge is -2.51. The lowest BCUT2D eigenvalue weighted by molar-refractivity contribution is -0.121. The highest BCUT2D eigenvalue weighted by Crippen LogP contribution is 2.49. The van der Waals surface area contributed by atoms with Gasteiger partial charge in [0.15, 0.2) is 0 Å². The number of benzene rings is 1. The maximum atomic E-state index is 13.7. The fourth-order valence-corrected chi connectivity index (χ4v) is 6.69. The molecule has 0 bridgehead atoms. The predicted octanol–water partition coefficient (Wildman–Crippen LogP) is 3.11. The highest BCUT2D eigenvalue weighted by molar-refractivity contribution is 5.86. The minimum Gasteiger partial charge on any atom is -0.382 e. The Morgan fingerprint density at radius 2 is 1.55 bits per heavy atom. The third kappa shape index (κ3) is 8.23. The van der Waals surface area contributed by atoms with Crippen molar-refractivity contribution in [2.45, 2.75) is 56.0 Å². The number of carbonyl (C=O) groups is 2. The number of hydrogen-bond acceptors (Lipinski definition) is 7. The molecule has 3 aliphatic rings. The summed E-state index contributed by atoms with van der Waals surface area (Å²) in [5.41, 5.74) is 1.10. The number of methoxy groups -OCH3 is 1. The zero-order chi connectivity index (χ0) is 29.8. The second-order valence-corrected chi connectivity index (χ2v) is 12.2. The van der Waals surface area contributed by atoms with Gasteiger partial charge in [0, 0.05) is 32.3 Å². The number of nitrogens with zero attached hydrogens (tertiary/aromatic N) is 3. The van der Waals surface area contributed by atoms with Crippen molar-refractivity contribution in [2.24, 2.45) is 5.92 Å². The highest BCUT2D eigenvalue weighted by Gasteiger charge is 2.55. The zero-order valence-corrected chi connectivity index (χ0v) is 26.0. The maximum Gasteiger partial charge on any atom is 0.321 e. The number of ether oxygens (including phenoxy) is 4. The van der Waals surface area contributed by atoms with Gasteiger partial charge < -0.3 is 34.1 Å². The molecule has 10 nitrogen and oxygen atoms in total. The number of hydrogen-bond donors (Lipinski definition) is 1. The van der Waals surface area contributed by atoms with Crippen LogP contribution in [-0.4, -0.2) is 126 Å². The van der Waals surface area contributed by atoms with Crippen molar-refractivity contribution in [2.75, 3.05) is 93.6 Å². The molecule has 1 saturated heterocycles. The molecular formula is C32H52N4O6. The minimum absolute atomic E-state index is 0.0220. The standard InChI is InChI=1S/C32H52N4O6/c1-34(2)32(28-10-5-4-6-11-28)14-12-31(13-15-32)26-35(30(38)36(31)24-27-8-7-9-27)25-29(37)33-16-17-40-20-21-42-23-22-41-19-18-39-3/h4-6,10-11,27H,7-9,12-26H2,1-3H3,(H,33,37)/t31-,32+. The minimum atomic E-state index is -0.209. The molecule has 0 aromatic heterocycles. The van der Waals surface area contributed by atoms with E-state index in [2.05, 4.69) is 59.5 Å². The molecule has 4 rings (SSSR count). The number of rotatable bonds is 18. The normalized spacial score (nSPS) is 24.5. The van der Waals surface area contributed by atoms with Gasteiger partial charge in [0.2, 0.25) is 5.91 Å². The molecule has 2 aliphatic carbocycles. The molecule has 1 heterocycles. The van der Waals surface area contributed by atoms with E-state index in [9.17, 15) is 9.59 Å². The molecule has 1 aromatic rings. The van der Waals surface area contributed by atoms with Crippen LogP contribution in [0, 0.1) is 5.92 Å². The van der Waals surface area contributed by atoms with Gasteiger partial charge in [-0.1, -0.05) is 36.8 Å². The van der Waals surface area contributed by atoms with Crippen molar-refractivity contribution in [1.29, 1.82) is 0 Å². The molecule has 42 heavy (non-hydrogen) atoms. The topological polar surface area (TPSA) is 92.8 Å². The van der Waals surface area contributed by atoms with E-state index in [-0.39, 0.29) is 29.6 Å². The van der Waals surface area contributed by atoms with Crippen molar-refractivity contribution in [3.05, 3.63) is 35.9 Å². The molecule has 1 aliphatic heterocycles. The van der Waals surface area contributed by atoms with Crippen LogP contribution in [0.4, 0.5) is 4.79 Å². The summed E-state index contributed by atoms with van der Waals surface area (Å²) in [6.07, 6.45) is 7.48. The van der Waals surface area contributed by atoms with Crippen molar-refractivity contribution >= 4 is 11.9 Å². The summed E-state index contributed by atoms with van der Waals surface area (Å²) in [4.78, 5) is 32.9. The summed E-state index contributed by atoms with van der Waals surface area (Å²) in [6, 6.07) is 10.8. The van der Waals surface area contributed by atoms with Crippen LogP contribution in [0.1, 0.15) is 50.5 Å². The van der Waals surface area contributed by atoms with E-state index in [1.54, 1.807) is 12.0 Å². The first-order chi connectivity index (χ1) is 20.4. The smallest absolute Gasteiger partial charge is 0.321 e. The molecule has 2 saturated carbocycles. The molecule has 10 heteroatoms. The van der Waals surface area contributed by atoms with E-state index >= 15 is 0 Å². The first-order valence-corrected chi connectivity index (χ1v) is 15.7. The molecule has 0 unspecified atom stereocenters. The van der Waals surface area contributed by atoms with E-state index in [1.165, 1.54) is 24.8 Å². The molecule has 236 valence electrons. The van der Waals surface area contributed by atoms with Gasteiger partial charge in [-0.25, -0.2) is 4.79 Å². The summed E-state index contributed by atoms with van der Waals surface area (Å²) in [7, 11) is 5.99. The Morgan fingerprint density at radius 1 is 0.929 bits per heavy atom. The Labute approximate surface area is 252 Å². The third-order valence-corrected chi connectivity index (χ3v) is 9.48. The number of urea groups is 1. The van der Waals surface area contributed by atoms with Gasteiger partial charge in [-0.2, -0.15) is 0 Å². The molecule has 1 spiro atoms. The number of amides is 3. The lowest BCUT2D eigenvalue weighted by atomic mass is 9.68. The number of nitrogens with one attached hydrogen (secondary N) is 1. The van der Waals surface area contributed by atoms with E-state index in [0.29, 0.717) is 65.3 Å². The average molecular weight is 589 g/mol. The number of carbonyl (C=O) groups excluding carboxylic acids is 2. The van der Waals surface area contributed by atoms with Gasteiger partial charge in [-0.15, -0.1) is 0 Å². The Morgan fingerprint density at radius 3 is 2.12 bits per heavy atom. The van der Waals surface area contributed by atoms with Crippen molar-refractivity contribution in [1.82, 2.24) is 20.0 Å². The fraction of sp³-hybridized carbons (Fsp3) is 0.750.